The van der Waals surface area contributed by atoms with Crippen LogP contribution in [-0.4, -0.2) is 72.0 Å². The van der Waals surface area contributed by atoms with Gasteiger partial charge in [-0.3, -0.25) is 24.2 Å². The first-order chi connectivity index (χ1) is 15.1. The monoisotopic (exact) mass is 452 g/mol. The lowest BCUT2D eigenvalue weighted by Gasteiger charge is -2.44. The fourth-order valence-corrected chi connectivity index (χ4v) is 3.05. The number of aromatic nitrogens is 1. The third-order valence-electron chi connectivity index (χ3n) is 4.21. The first-order valence-electron chi connectivity index (χ1n) is 9.59. The summed E-state index contributed by atoms with van der Waals surface area (Å²) in [4.78, 5) is 63.0. The van der Waals surface area contributed by atoms with Crippen LogP contribution in [0.4, 0.5) is 0 Å². The van der Waals surface area contributed by atoms with Gasteiger partial charge in [-0.25, -0.2) is 4.79 Å². The summed E-state index contributed by atoms with van der Waals surface area (Å²) in [6.07, 6.45) is -2.48. The van der Waals surface area contributed by atoms with Gasteiger partial charge in [-0.1, -0.05) is 0 Å². The van der Waals surface area contributed by atoms with Crippen LogP contribution in [0.1, 0.15) is 38.1 Å². The predicted molar refractivity (Wildman–Crippen MR) is 104 cm³/mol. The molecule has 1 aromatic rings. The van der Waals surface area contributed by atoms with E-state index in [9.17, 15) is 24.0 Å². The number of hydrogen-bond donors (Lipinski definition) is 1. The molecular weight excluding hydrogens is 428 g/mol. The zero-order valence-corrected chi connectivity index (χ0v) is 17.9. The van der Waals surface area contributed by atoms with Crippen LogP contribution in [0.3, 0.4) is 0 Å². The minimum Gasteiger partial charge on any atom is -0.463 e. The topological polar surface area (TPSA) is 156 Å². The minimum atomic E-state index is -1.48. The van der Waals surface area contributed by atoms with Gasteiger partial charge in [-0.15, -0.1) is 0 Å². The van der Waals surface area contributed by atoms with Crippen LogP contribution in [0, 0.1) is 0 Å². The molecule has 1 aromatic heterocycles. The van der Waals surface area contributed by atoms with Gasteiger partial charge in [-0.05, 0) is 12.1 Å². The predicted octanol–water partition coefficient (Wildman–Crippen LogP) is -0.105. The Morgan fingerprint density at radius 2 is 1.50 bits per heavy atom. The van der Waals surface area contributed by atoms with E-state index in [4.69, 9.17) is 23.7 Å². The average Bonchev–Trinajstić information content (AvgIpc) is 2.70. The van der Waals surface area contributed by atoms with Crippen molar-refractivity contribution >= 4 is 29.8 Å². The van der Waals surface area contributed by atoms with Crippen molar-refractivity contribution in [3.8, 4) is 0 Å². The number of nitrogens with zero attached hydrogens (tertiary/aromatic N) is 1. The van der Waals surface area contributed by atoms with Crippen molar-refractivity contribution in [1.82, 2.24) is 10.3 Å². The lowest BCUT2D eigenvalue weighted by Crippen LogP contribution is -2.66. The van der Waals surface area contributed by atoms with Gasteiger partial charge in [0.2, 0.25) is 12.2 Å². The SMILES string of the molecule is CC(=O)N[C@@H]1[C@@H](OC(=O)c2ccncc2)O[C@@H](COC(C)=O)[C@H](OC(C)=O)[C@H]1OC(C)=O. The highest BCUT2D eigenvalue weighted by Gasteiger charge is 2.52. The Morgan fingerprint density at radius 3 is 2.03 bits per heavy atom. The number of pyridine rings is 1. The zero-order valence-electron chi connectivity index (χ0n) is 17.9. The quantitative estimate of drug-likeness (QED) is 0.435. The first kappa shape index (κ1) is 24.7. The third-order valence-corrected chi connectivity index (χ3v) is 4.21. The number of amides is 1. The van der Waals surface area contributed by atoms with Gasteiger partial charge >= 0.3 is 23.9 Å². The summed E-state index contributed by atoms with van der Waals surface area (Å²) in [6, 6.07) is 1.57. The molecule has 2 heterocycles. The van der Waals surface area contributed by atoms with Crippen LogP contribution in [0.2, 0.25) is 0 Å². The second-order valence-electron chi connectivity index (χ2n) is 6.86. The second-order valence-corrected chi connectivity index (χ2v) is 6.86. The molecule has 0 spiro atoms. The smallest absolute Gasteiger partial charge is 0.340 e. The first-order valence-corrected chi connectivity index (χ1v) is 9.59. The standard InChI is InChI=1S/C20H24N2O10/c1-10(23)22-16-18(30-13(4)26)17(29-12(3)25)15(9-28-11(2)24)31-20(16)32-19(27)14-5-7-21-8-6-14/h5-8,15-18,20H,9H2,1-4H3,(H,22,23)/t15-,16-,17-,18-,20+/m0/s1. The second kappa shape index (κ2) is 11.2. The minimum absolute atomic E-state index is 0.146. The van der Waals surface area contributed by atoms with Crippen LogP contribution in [-0.2, 0) is 42.9 Å². The molecule has 32 heavy (non-hydrogen) atoms. The third kappa shape index (κ3) is 7.01. The van der Waals surface area contributed by atoms with E-state index >= 15 is 0 Å². The number of hydrogen-bond acceptors (Lipinski definition) is 11. The van der Waals surface area contributed by atoms with Crippen LogP contribution >= 0.6 is 0 Å². The van der Waals surface area contributed by atoms with Gasteiger partial charge in [-0.2, -0.15) is 0 Å². The summed E-state index contributed by atoms with van der Waals surface area (Å²) >= 11 is 0. The van der Waals surface area contributed by atoms with Crippen molar-refractivity contribution in [1.29, 1.82) is 0 Å². The highest BCUT2D eigenvalue weighted by Crippen LogP contribution is 2.28. The van der Waals surface area contributed by atoms with Crippen molar-refractivity contribution in [2.24, 2.45) is 0 Å². The maximum atomic E-state index is 12.6. The average molecular weight is 452 g/mol. The molecule has 0 saturated carbocycles. The Morgan fingerprint density at radius 1 is 0.906 bits per heavy atom. The Bertz CT molecular complexity index is 859. The van der Waals surface area contributed by atoms with E-state index < -0.39 is 67.0 Å². The van der Waals surface area contributed by atoms with E-state index in [0.717, 1.165) is 20.8 Å². The Hall–Kier alpha value is -3.54. The number of carbonyl (C=O) groups is 5. The summed E-state index contributed by atoms with van der Waals surface area (Å²) in [5.41, 5.74) is 0.146. The fourth-order valence-electron chi connectivity index (χ4n) is 3.05. The Balaban J connectivity index is 2.42. The summed E-state index contributed by atoms with van der Waals surface area (Å²) in [6.45, 7) is 4.19. The van der Waals surface area contributed by atoms with Gasteiger partial charge in [0, 0.05) is 40.1 Å². The van der Waals surface area contributed by atoms with Crippen LogP contribution in [0.15, 0.2) is 24.5 Å². The molecular formula is C20H24N2O10. The molecule has 12 heteroatoms. The molecule has 1 saturated heterocycles. The van der Waals surface area contributed by atoms with E-state index in [2.05, 4.69) is 10.3 Å². The molecule has 2 rings (SSSR count). The summed E-state index contributed by atoms with van der Waals surface area (Å²) in [5, 5.41) is 2.50. The Labute approximate surface area is 183 Å². The molecule has 1 aliphatic heterocycles. The van der Waals surface area contributed by atoms with E-state index in [1.54, 1.807) is 0 Å². The van der Waals surface area contributed by atoms with E-state index in [1.165, 1.54) is 31.5 Å². The molecule has 1 N–H and O–H groups in total. The number of esters is 4. The van der Waals surface area contributed by atoms with Crippen LogP contribution in [0.5, 0.6) is 0 Å². The van der Waals surface area contributed by atoms with Gasteiger partial charge < -0.3 is 29.0 Å². The number of carbonyl (C=O) groups excluding carboxylic acids is 5. The summed E-state index contributed by atoms with van der Waals surface area (Å²) in [5.74, 6) is -3.51. The molecule has 0 radical (unpaired) electrons. The van der Waals surface area contributed by atoms with Crippen LogP contribution < -0.4 is 5.32 Å². The molecule has 174 valence electrons. The summed E-state index contributed by atoms with van der Waals surface area (Å²) < 4.78 is 26.7. The molecule has 1 aliphatic rings. The highest BCUT2D eigenvalue weighted by atomic mass is 16.7. The molecule has 1 fully saturated rings. The Kier molecular flexibility index (Phi) is 8.64. The molecule has 1 amide bonds. The highest BCUT2D eigenvalue weighted by molar-refractivity contribution is 5.89. The van der Waals surface area contributed by atoms with Crippen molar-refractivity contribution in [2.75, 3.05) is 6.61 Å². The number of rotatable bonds is 7. The largest absolute Gasteiger partial charge is 0.463 e. The maximum Gasteiger partial charge on any atom is 0.340 e. The zero-order chi connectivity index (χ0) is 23.8. The van der Waals surface area contributed by atoms with Gasteiger partial charge in [0.15, 0.2) is 12.2 Å². The molecule has 12 nitrogen and oxygen atoms in total. The molecule has 5 atom stereocenters. The van der Waals surface area contributed by atoms with Gasteiger partial charge in [0.05, 0.1) is 5.56 Å². The lowest BCUT2D eigenvalue weighted by atomic mass is 9.96. The molecule has 0 aliphatic carbocycles. The van der Waals surface area contributed by atoms with Crippen LogP contribution in [0.25, 0.3) is 0 Å². The fraction of sp³-hybridized carbons (Fsp3) is 0.500. The van der Waals surface area contributed by atoms with Crippen molar-refractivity contribution in [3.05, 3.63) is 30.1 Å². The van der Waals surface area contributed by atoms with Gasteiger partial charge in [0.25, 0.3) is 0 Å². The van der Waals surface area contributed by atoms with Gasteiger partial charge in [0.1, 0.15) is 18.8 Å². The number of ether oxygens (including phenoxy) is 5. The lowest BCUT2D eigenvalue weighted by molar-refractivity contribution is -0.263. The van der Waals surface area contributed by atoms with E-state index in [0.29, 0.717) is 0 Å². The van der Waals surface area contributed by atoms with E-state index in [1.807, 2.05) is 0 Å². The molecule has 0 aromatic carbocycles. The number of nitrogens with one attached hydrogen (secondary N) is 1. The van der Waals surface area contributed by atoms with Crippen molar-refractivity contribution in [3.63, 3.8) is 0 Å². The molecule has 0 bridgehead atoms. The molecule has 0 unspecified atom stereocenters. The maximum absolute atomic E-state index is 12.6. The van der Waals surface area contributed by atoms with E-state index in [-0.39, 0.29) is 5.56 Å². The normalized spacial score (nSPS) is 24.6. The summed E-state index contributed by atoms with van der Waals surface area (Å²) in [7, 11) is 0. The van der Waals surface area contributed by atoms with Crippen molar-refractivity contribution < 1.29 is 47.7 Å². The van der Waals surface area contributed by atoms with Crippen molar-refractivity contribution in [2.45, 2.75) is 58.3 Å².